The van der Waals surface area contributed by atoms with E-state index >= 15 is 0 Å². The van der Waals surface area contributed by atoms with Crippen LogP contribution in [0.25, 0.3) is 0 Å². The van der Waals surface area contributed by atoms with Crippen LogP contribution < -0.4 is 10.6 Å². The second-order valence-electron chi connectivity index (χ2n) is 7.56. The number of pyridine rings is 1. The lowest BCUT2D eigenvalue weighted by Crippen LogP contribution is -2.50. The van der Waals surface area contributed by atoms with Crippen LogP contribution in [0.15, 0.2) is 24.4 Å². The molecule has 0 aliphatic carbocycles. The van der Waals surface area contributed by atoms with E-state index in [1.807, 2.05) is 39.1 Å². The Hall–Kier alpha value is -1.66. The highest BCUT2D eigenvalue weighted by Crippen LogP contribution is 2.16. The van der Waals surface area contributed by atoms with Gasteiger partial charge in [-0.05, 0) is 52.2 Å². The van der Waals surface area contributed by atoms with Crippen LogP contribution in [0.2, 0.25) is 0 Å². The minimum atomic E-state index is -0.233. The molecule has 6 nitrogen and oxygen atoms in total. The topological polar surface area (TPSA) is 66.5 Å². The summed E-state index contributed by atoms with van der Waals surface area (Å²) in [6, 6.07) is 6.24. The van der Waals surface area contributed by atoms with Gasteiger partial charge in [0.15, 0.2) is 0 Å². The number of urea groups is 1. The van der Waals surface area contributed by atoms with Crippen LogP contribution in [-0.2, 0) is 11.3 Å². The SMILES string of the molecule is COC(C)(C)C[C@@H](C)NC(=O)NC1CCN(Cc2ccccn2)CC1. The Morgan fingerprint density at radius 3 is 2.72 bits per heavy atom. The van der Waals surface area contributed by atoms with E-state index in [0.29, 0.717) is 0 Å². The first kappa shape index (κ1) is 19.7. The van der Waals surface area contributed by atoms with Gasteiger partial charge in [-0.3, -0.25) is 9.88 Å². The van der Waals surface area contributed by atoms with Gasteiger partial charge in [-0.2, -0.15) is 0 Å². The highest BCUT2D eigenvalue weighted by atomic mass is 16.5. The summed E-state index contributed by atoms with van der Waals surface area (Å²) in [7, 11) is 1.70. The van der Waals surface area contributed by atoms with Gasteiger partial charge in [-0.15, -0.1) is 0 Å². The van der Waals surface area contributed by atoms with E-state index in [2.05, 4.69) is 26.6 Å². The van der Waals surface area contributed by atoms with E-state index in [0.717, 1.165) is 44.6 Å². The molecule has 2 amide bonds. The first-order valence-corrected chi connectivity index (χ1v) is 9.12. The number of carbonyl (C=O) groups excluding carboxylic acids is 1. The number of aromatic nitrogens is 1. The molecule has 0 spiro atoms. The monoisotopic (exact) mass is 348 g/mol. The molecular weight excluding hydrogens is 316 g/mol. The Labute approximate surface area is 151 Å². The van der Waals surface area contributed by atoms with Crippen molar-refractivity contribution in [1.29, 1.82) is 0 Å². The summed E-state index contributed by atoms with van der Waals surface area (Å²) in [5.41, 5.74) is 0.866. The Morgan fingerprint density at radius 1 is 1.40 bits per heavy atom. The van der Waals surface area contributed by atoms with Gasteiger partial charge in [-0.1, -0.05) is 6.07 Å². The zero-order chi connectivity index (χ0) is 18.3. The van der Waals surface area contributed by atoms with Gasteiger partial charge in [0.25, 0.3) is 0 Å². The number of amides is 2. The molecule has 25 heavy (non-hydrogen) atoms. The zero-order valence-corrected chi connectivity index (χ0v) is 15.9. The third-order valence-electron chi connectivity index (χ3n) is 4.76. The lowest BCUT2D eigenvalue weighted by Gasteiger charge is -2.32. The lowest BCUT2D eigenvalue weighted by molar-refractivity contribution is 0.00946. The van der Waals surface area contributed by atoms with Crippen LogP contribution in [0, 0.1) is 0 Å². The molecular formula is C19H32N4O2. The maximum absolute atomic E-state index is 12.2. The average molecular weight is 348 g/mol. The van der Waals surface area contributed by atoms with Crippen LogP contribution in [-0.4, -0.2) is 53.8 Å². The smallest absolute Gasteiger partial charge is 0.315 e. The van der Waals surface area contributed by atoms with Crippen molar-refractivity contribution in [3.63, 3.8) is 0 Å². The van der Waals surface area contributed by atoms with Crippen LogP contribution in [0.3, 0.4) is 0 Å². The quantitative estimate of drug-likeness (QED) is 0.795. The summed E-state index contributed by atoms with van der Waals surface area (Å²) < 4.78 is 5.42. The van der Waals surface area contributed by atoms with Gasteiger partial charge in [0.1, 0.15) is 0 Å². The normalized spacial score (nSPS) is 17.9. The molecule has 0 saturated carbocycles. The molecule has 0 radical (unpaired) electrons. The number of nitrogens with zero attached hydrogens (tertiary/aromatic N) is 2. The Morgan fingerprint density at radius 2 is 2.12 bits per heavy atom. The first-order valence-electron chi connectivity index (χ1n) is 9.12. The number of methoxy groups -OCH3 is 1. The summed E-state index contributed by atoms with van der Waals surface area (Å²) in [6.45, 7) is 8.90. The zero-order valence-electron chi connectivity index (χ0n) is 15.9. The summed E-state index contributed by atoms with van der Waals surface area (Å²) in [4.78, 5) is 19.0. The van der Waals surface area contributed by atoms with Crippen molar-refractivity contribution in [3.8, 4) is 0 Å². The van der Waals surface area contributed by atoms with Crippen molar-refractivity contribution in [2.45, 2.75) is 64.3 Å². The number of piperidine rings is 1. The fraction of sp³-hybridized carbons (Fsp3) is 0.684. The van der Waals surface area contributed by atoms with E-state index < -0.39 is 0 Å². The third kappa shape index (κ3) is 7.00. The number of hydrogen-bond acceptors (Lipinski definition) is 4. The number of nitrogens with one attached hydrogen (secondary N) is 2. The highest BCUT2D eigenvalue weighted by molar-refractivity contribution is 5.74. The second-order valence-corrected chi connectivity index (χ2v) is 7.56. The molecule has 1 aliphatic rings. The van der Waals surface area contributed by atoms with Crippen molar-refractivity contribution in [2.75, 3.05) is 20.2 Å². The van der Waals surface area contributed by atoms with Crippen molar-refractivity contribution < 1.29 is 9.53 Å². The van der Waals surface area contributed by atoms with Crippen LogP contribution in [0.5, 0.6) is 0 Å². The van der Waals surface area contributed by atoms with Gasteiger partial charge in [0, 0.05) is 45.0 Å². The van der Waals surface area contributed by atoms with E-state index in [4.69, 9.17) is 4.74 Å². The van der Waals surface area contributed by atoms with Gasteiger partial charge in [-0.25, -0.2) is 4.79 Å². The Bertz CT molecular complexity index is 527. The van der Waals surface area contributed by atoms with Crippen LogP contribution >= 0.6 is 0 Å². The third-order valence-corrected chi connectivity index (χ3v) is 4.76. The summed E-state index contributed by atoms with van der Waals surface area (Å²) in [5, 5.41) is 6.12. The molecule has 0 aromatic carbocycles. The molecule has 1 fully saturated rings. The Balaban J connectivity index is 1.68. The molecule has 1 aliphatic heterocycles. The summed E-state index contributed by atoms with van der Waals surface area (Å²) >= 11 is 0. The van der Waals surface area contributed by atoms with E-state index in [1.54, 1.807) is 7.11 Å². The average Bonchev–Trinajstić information content (AvgIpc) is 2.57. The fourth-order valence-electron chi connectivity index (χ4n) is 3.28. The number of likely N-dealkylation sites (tertiary alicyclic amines) is 1. The molecule has 1 aromatic heterocycles. The highest BCUT2D eigenvalue weighted by Gasteiger charge is 2.24. The minimum absolute atomic E-state index is 0.0687. The predicted molar refractivity (Wildman–Crippen MR) is 99.4 cm³/mol. The van der Waals surface area contributed by atoms with Crippen molar-refractivity contribution in [3.05, 3.63) is 30.1 Å². The number of rotatable bonds is 7. The molecule has 2 heterocycles. The first-order chi connectivity index (χ1) is 11.9. The molecule has 1 aromatic rings. The van der Waals surface area contributed by atoms with E-state index in [-0.39, 0.29) is 23.7 Å². The van der Waals surface area contributed by atoms with Gasteiger partial charge < -0.3 is 15.4 Å². The number of hydrogen-bond donors (Lipinski definition) is 2. The van der Waals surface area contributed by atoms with Crippen LogP contribution in [0.1, 0.15) is 45.7 Å². The minimum Gasteiger partial charge on any atom is -0.379 e. The molecule has 0 unspecified atom stereocenters. The molecule has 1 saturated heterocycles. The molecule has 0 bridgehead atoms. The fourth-order valence-corrected chi connectivity index (χ4v) is 3.28. The van der Waals surface area contributed by atoms with E-state index in [1.165, 1.54) is 0 Å². The maximum atomic E-state index is 12.2. The van der Waals surface area contributed by atoms with Gasteiger partial charge in [0.2, 0.25) is 0 Å². The lowest BCUT2D eigenvalue weighted by atomic mass is 10.00. The van der Waals surface area contributed by atoms with Crippen molar-refractivity contribution >= 4 is 6.03 Å². The second kappa shape index (κ2) is 9.15. The molecule has 140 valence electrons. The summed E-state index contributed by atoms with van der Waals surface area (Å²) in [6.07, 6.45) is 4.55. The molecule has 6 heteroatoms. The van der Waals surface area contributed by atoms with Crippen molar-refractivity contribution in [1.82, 2.24) is 20.5 Å². The van der Waals surface area contributed by atoms with Gasteiger partial charge in [0.05, 0.1) is 11.3 Å². The van der Waals surface area contributed by atoms with Gasteiger partial charge >= 0.3 is 6.03 Å². The molecule has 2 rings (SSSR count). The maximum Gasteiger partial charge on any atom is 0.315 e. The largest absolute Gasteiger partial charge is 0.379 e. The number of ether oxygens (including phenoxy) is 1. The van der Waals surface area contributed by atoms with Crippen molar-refractivity contribution in [2.24, 2.45) is 0 Å². The predicted octanol–water partition coefficient (Wildman–Crippen LogP) is 2.55. The Kier molecular flexibility index (Phi) is 7.20. The van der Waals surface area contributed by atoms with Crippen LogP contribution in [0.4, 0.5) is 4.79 Å². The van der Waals surface area contributed by atoms with E-state index in [9.17, 15) is 4.79 Å². The number of carbonyl (C=O) groups is 1. The standard InChI is InChI=1S/C19H32N4O2/c1-15(13-19(2,3)25-4)21-18(24)22-16-8-11-23(12-9-16)14-17-7-5-6-10-20-17/h5-7,10,15-16H,8-9,11-14H2,1-4H3,(H2,21,22,24)/t15-/m1/s1. The summed E-state index contributed by atoms with van der Waals surface area (Å²) in [5.74, 6) is 0. The molecule has 2 N–H and O–H groups in total. The molecule has 1 atom stereocenters.